The molecule has 0 aliphatic carbocycles. The summed E-state index contributed by atoms with van der Waals surface area (Å²) in [4.78, 5) is 4.01. The molecule has 34 heavy (non-hydrogen) atoms. The Morgan fingerprint density at radius 1 is 1.03 bits per heavy atom. The van der Waals surface area contributed by atoms with Crippen molar-refractivity contribution in [1.29, 1.82) is 0 Å². The first-order valence-corrected chi connectivity index (χ1v) is 12.3. The third kappa shape index (κ3) is 5.22. The number of nitrogens with two attached hydrogens (primary N) is 1. The molecule has 4 aromatic rings. The summed E-state index contributed by atoms with van der Waals surface area (Å²) in [7, 11) is -3.92. The fraction of sp³-hybridized carbons (Fsp3) is 0.0455. The Bertz CT molecular complexity index is 1510. The summed E-state index contributed by atoms with van der Waals surface area (Å²) >= 11 is 6.78. The monoisotopic (exact) mass is 519 g/mol. The average molecular weight is 520 g/mol. The van der Waals surface area contributed by atoms with E-state index in [0.717, 1.165) is 29.5 Å². The van der Waals surface area contributed by atoms with Gasteiger partial charge < -0.3 is 5.73 Å². The Labute approximate surface area is 203 Å². The SMILES string of the molecule is Cc1ccc(S(=O)(=O)Nc2ccc(Cl)cc2)cc1N=Nc1sc(N)nc1-c1cc(F)ccc1F. The summed E-state index contributed by atoms with van der Waals surface area (Å²) in [5.74, 6) is -1.34. The van der Waals surface area contributed by atoms with Crippen molar-refractivity contribution in [3.05, 3.63) is 82.9 Å². The van der Waals surface area contributed by atoms with E-state index in [0.29, 0.717) is 16.3 Å². The standard InChI is InChI=1S/C22H16ClF2N5O2S2/c1-12-2-8-16(34(31,32)30-15-6-3-13(23)4-7-15)11-19(12)28-29-21-20(27-22(26)33-21)17-10-14(24)5-9-18(17)25/h2-11,30H,1H3,(H2,26,27). The molecule has 0 aliphatic rings. The summed E-state index contributed by atoms with van der Waals surface area (Å²) in [6.07, 6.45) is 0. The third-order valence-electron chi connectivity index (χ3n) is 4.65. The molecule has 3 N–H and O–H groups in total. The number of sulfonamides is 1. The first-order valence-electron chi connectivity index (χ1n) is 9.65. The van der Waals surface area contributed by atoms with E-state index < -0.39 is 21.7 Å². The van der Waals surface area contributed by atoms with Crippen LogP contribution in [0.25, 0.3) is 11.3 Å². The van der Waals surface area contributed by atoms with Crippen LogP contribution in [0.1, 0.15) is 5.56 Å². The smallest absolute Gasteiger partial charge is 0.261 e. The van der Waals surface area contributed by atoms with Gasteiger partial charge in [0.15, 0.2) is 10.1 Å². The maximum absolute atomic E-state index is 14.3. The van der Waals surface area contributed by atoms with Crippen molar-refractivity contribution in [2.24, 2.45) is 10.2 Å². The quantitative estimate of drug-likeness (QED) is 0.271. The molecule has 4 rings (SSSR count). The average Bonchev–Trinajstić information content (AvgIpc) is 3.16. The molecule has 0 bridgehead atoms. The number of halogens is 3. The first-order chi connectivity index (χ1) is 16.1. The van der Waals surface area contributed by atoms with Crippen LogP contribution in [0.15, 0.2) is 75.8 Å². The number of hydrogen-bond acceptors (Lipinski definition) is 7. The van der Waals surface area contributed by atoms with Gasteiger partial charge >= 0.3 is 0 Å². The fourth-order valence-electron chi connectivity index (χ4n) is 2.95. The van der Waals surface area contributed by atoms with E-state index in [2.05, 4.69) is 19.9 Å². The van der Waals surface area contributed by atoms with Crippen LogP contribution in [-0.2, 0) is 10.0 Å². The van der Waals surface area contributed by atoms with Crippen molar-refractivity contribution in [2.45, 2.75) is 11.8 Å². The van der Waals surface area contributed by atoms with E-state index in [1.54, 1.807) is 25.1 Å². The van der Waals surface area contributed by atoms with Crippen LogP contribution < -0.4 is 10.5 Å². The first kappa shape index (κ1) is 23.7. The molecule has 1 heterocycles. The molecule has 0 spiro atoms. The number of aromatic nitrogens is 1. The largest absolute Gasteiger partial charge is 0.375 e. The van der Waals surface area contributed by atoms with Gasteiger partial charge in [-0.05, 0) is 67.1 Å². The number of thiazole rings is 1. The van der Waals surface area contributed by atoms with E-state index in [-0.39, 0.29) is 32.0 Å². The third-order valence-corrected chi connectivity index (χ3v) is 7.04. The Morgan fingerprint density at radius 3 is 2.50 bits per heavy atom. The van der Waals surface area contributed by atoms with Crippen molar-refractivity contribution >= 4 is 54.5 Å². The molecule has 0 unspecified atom stereocenters. The molecule has 0 atom stereocenters. The number of aryl methyl sites for hydroxylation is 1. The number of hydrogen-bond donors (Lipinski definition) is 2. The van der Waals surface area contributed by atoms with E-state index in [1.807, 2.05) is 0 Å². The Morgan fingerprint density at radius 2 is 1.76 bits per heavy atom. The normalized spacial score (nSPS) is 11.8. The molecule has 0 saturated carbocycles. The van der Waals surface area contributed by atoms with E-state index in [9.17, 15) is 17.2 Å². The lowest BCUT2D eigenvalue weighted by Gasteiger charge is -2.09. The molecule has 3 aromatic carbocycles. The Kier molecular flexibility index (Phi) is 6.60. The lowest BCUT2D eigenvalue weighted by atomic mass is 10.1. The van der Waals surface area contributed by atoms with E-state index in [4.69, 9.17) is 17.3 Å². The summed E-state index contributed by atoms with van der Waals surface area (Å²) in [6.45, 7) is 1.73. The van der Waals surface area contributed by atoms with Gasteiger partial charge in [0.05, 0.1) is 10.6 Å². The van der Waals surface area contributed by atoms with Crippen LogP contribution in [0.2, 0.25) is 5.02 Å². The Hall–Kier alpha value is -3.41. The molecule has 1 aromatic heterocycles. The van der Waals surface area contributed by atoms with Gasteiger partial charge in [-0.3, -0.25) is 4.72 Å². The minimum atomic E-state index is -3.92. The predicted molar refractivity (Wildman–Crippen MR) is 129 cm³/mol. The summed E-state index contributed by atoms with van der Waals surface area (Å²) in [6, 6.07) is 13.5. The van der Waals surface area contributed by atoms with Crippen molar-refractivity contribution in [1.82, 2.24) is 4.98 Å². The maximum Gasteiger partial charge on any atom is 0.261 e. The lowest BCUT2D eigenvalue weighted by molar-refractivity contribution is 0.601. The topological polar surface area (TPSA) is 110 Å². The minimum absolute atomic E-state index is 0.0362. The number of nitrogen functional groups attached to an aromatic ring is 1. The molecule has 0 amide bonds. The Balaban J connectivity index is 1.67. The molecule has 0 saturated heterocycles. The second-order valence-electron chi connectivity index (χ2n) is 7.09. The van der Waals surface area contributed by atoms with Gasteiger partial charge in [-0.15, -0.1) is 10.2 Å². The molecular weight excluding hydrogens is 504 g/mol. The highest BCUT2D eigenvalue weighted by Gasteiger charge is 2.18. The van der Waals surface area contributed by atoms with Gasteiger partial charge in [-0.2, -0.15) is 0 Å². The van der Waals surface area contributed by atoms with Gasteiger partial charge in [0.1, 0.15) is 17.3 Å². The van der Waals surface area contributed by atoms with E-state index in [1.165, 1.54) is 24.3 Å². The summed E-state index contributed by atoms with van der Waals surface area (Å²) in [5.41, 5.74) is 6.94. The van der Waals surface area contributed by atoms with Crippen LogP contribution in [0.5, 0.6) is 0 Å². The fourth-order valence-corrected chi connectivity index (χ4v) is 4.82. The zero-order valence-electron chi connectivity index (χ0n) is 17.5. The molecule has 7 nitrogen and oxygen atoms in total. The lowest BCUT2D eigenvalue weighted by Crippen LogP contribution is -2.12. The zero-order chi connectivity index (χ0) is 24.5. The van der Waals surface area contributed by atoms with Crippen LogP contribution in [0, 0.1) is 18.6 Å². The van der Waals surface area contributed by atoms with Crippen molar-refractivity contribution in [3.8, 4) is 11.3 Å². The number of anilines is 2. The zero-order valence-corrected chi connectivity index (χ0v) is 19.8. The van der Waals surface area contributed by atoms with Gasteiger partial charge in [0.2, 0.25) is 0 Å². The molecule has 0 fully saturated rings. The second kappa shape index (κ2) is 9.45. The maximum atomic E-state index is 14.3. The van der Waals surface area contributed by atoms with Crippen LogP contribution in [-0.4, -0.2) is 13.4 Å². The van der Waals surface area contributed by atoms with Gasteiger partial charge in [-0.1, -0.05) is 29.0 Å². The van der Waals surface area contributed by atoms with Crippen LogP contribution in [0.4, 0.5) is 30.3 Å². The van der Waals surface area contributed by atoms with Crippen LogP contribution >= 0.6 is 22.9 Å². The van der Waals surface area contributed by atoms with Gasteiger partial charge in [0, 0.05) is 16.3 Å². The molecular formula is C22H16ClF2N5O2S2. The number of azo groups is 1. The second-order valence-corrected chi connectivity index (χ2v) is 10.2. The highest BCUT2D eigenvalue weighted by atomic mass is 35.5. The van der Waals surface area contributed by atoms with Crippen molar-refractivity contribution in [3.63, 3.8) is 0 Å². The van der Waals surface area contributed by atoms with Crippen molar-refractivity contribution < 1.29 is 17.2 Å². The summed E-state index contributed by atoms with van der Waals surface area (Å²) in [5, 5.41) is 8.95. The number of nitrogens with zero attached hydrogens (tertiary/aromatic N) is 3. The minimum Gasteiger partial charge on any atom is -0.375 e. The summed E-state index contributed by atoms with van der Waals surface area (Å²) < 4.78 is 56.0. The number of nitrogens with one attached hydrogen (secondary N) is 1. The highest BCUT2D eigenvalue weighted by molar-refractivity contribution is 7.92. The number of rotatable bonds is 6. The molecule has 12 heteroatoms. The molecule has 0 aliphatic heterocycles. The van der Waals surface area contributed by atoms with E-state index >= 15 is 0 Å². The predicted octanol–water partition coefficient (Wildman–Crippen LogP) is 6.85. The highest BCUT2D eigenvalue weighted by Crippen LogP contribution is 2.39. The van der Waals surface area contributed by atoms with Crippen LogP contribution in [0.3, 0.4) is 0 Å². The van der Waals surface area contributed by atoms with Gasteiger partial charge in [0.25, 0.3) is 10.0 Å². The molecule has 174 valence electrons. The van der Waals surface area contributed by atoms with Crippen molar-refractivity contribution in [2.75, 3.05) is 10.5 Å². The molecule has 0 radical (unpaired) electrons. The number of benzene rings is 3. The van der Waals surface area contributed by atoms with Gasteiger partial charge in [-0.25, -0.2) is 22.2 Å².